The molecule has 1 heteroatoms. The molecule has 2 N–H and O–H groups in total. The van der Waals surface area contributed by atoms with E-state index in [1.165, 1.54) is 0 Å². The number of rotatable bonds is 3. The molecule has 0 fully saturated rings. The summed E-state index contributed by atoms with van der Waals surface area (Å²) in [6.07, 6.45) is 3.53. The second-order valence-electron chi connectivity index (χ2n) is 2.63. The molecule has 0 aliphatic rings. The summed E-state index contributed by atoms with van der Waals surface area (Å²) in [5.74, 6) is 0. The van der Waals surface area contributed by atoms with Gasteiger partial charge in [0.05, 0.1) is 0 Å². The molecule has 0 amide bonds. The number of hydrogen-bond donors (Lipinski definition) is 1. The lowest BCUT2D eigenvalue weighted by molar-refractivity contribution is 0.914. The molecule has 0 aliphatic carbocycles. The Balaban J connectivity index is 2.91. The van der Waals surface area contributed by atoms with Gasteiger partial charge in [-0.15, -0.1) is 6.58 Å². The van der Waals surface area contributed by atoms with Gasteiger partial charge in [-0.2, -0.15) is 0 Å². The quantitative estimate of drug-likeness (QED) is 0.674. The molecule has 1 nitrogen and oxygen atoms in total. The zero-order valence-corrected chi connectivity index (χ0v) is 7.03. The normalized spacial score (nSPS) is 12.1. The molecule has 0 bridgehead atoms. The third-order valence-corrected chi connectivity index (χ3v) is 1.81. The maximum Gasteiger partial charge on any atom is 0.0478 e. The molecular weight excluding hydrogens is 146 g/mol. The second-order valence-corrected chi connectivity index (χ2v) is 2.63. The summed E-state index contributed by atoms with van der Waals surface area (Å²) in [6, 6.07) is 7.90. The highest BCUT2D eigenvalue weighted by molar-refractivity contribution is 5.47. The van der Waals surface area contributed by atoms with Crippen molar-refractivity contribution < 1.29 is 0 Å². The van der Waals surface area contributed by atoms with Gasteiger partial charge >= 0.3 is 0 Å². The largest absolute Gasteiger partial charge is 0.321 e. The highest BCUT2D eigenvalue weighted by Gasteiger charge is 1.98. The van der Waals surface area contributed by atoms with E-state index in [-0.39, 0.29) is 6.04 Å². The SMILES string of the molecule is C=Cc1ccc([C@H](N)C=C)cc1. The van der Waals surface area contributed by atoms with E-state index in [1.807, 2.05) is 30.3 Å². The zero-order valence-electron chi connectivity index (χ0n) is 7.03. The van der Waals surface area contributed by atoms with E-state index in [9.17, 15) is 0 Å². The Bertz CT molecular complexity index is 272. The minimum absolute atomic E-state index is 0.0659. The first-order valence-corrected chi connectivity index (χ1v) is 3.88. The number of nitrogens with two attached hydrogens (primary N) is 1. The van der Waals surface area contributed by atoms with Gasteiger partial charge < -0.3 is 5.73 Å². The van der Waals surface area contributed by atoms with Crippen LogP contribution < -0.4 is 5.73 Å². The van der Waals surface area contributed by atoms with Gasteiger partial charge in [0.15, 0.2) is 0 Å². The van der Waals surface area contributed by atoms with Crippen molar-refractivity contribution in [2.24, 2.45) is 5.73 Å². The fraction of sp³-hybridized carbons (Fsp3) is 0.0909. The van der Waals surface area contributed by atoms with E-state index in [4.69, 9.17) is 5.73 Å². The van der Waals surface area contributed by atoms with Crippen LogP contribution in [-0.4, -0.2) is 0 Å². The van der Waals surface area contributed by atoms with Gasteiger partial charge in [-0.1, -0.05) is 43.0 Å². The average Bonchev–Trinajstić information content (AvgIpc) is 2.17. The van der Waals surface area contributed by atoms with Crippen molar-refractivity contribution in [1.82, 2.24) is 0 Å². The van der Waals surface area contributed by atoms with Crippen LogP contribution in [0.4, 0.5) is 0 Å². The molecular formula is C11H13N. The summed E-state index contributed by atoms with van der Waals surface area (Å²) < 4.78 is 0. The Labute approximate surface area is 73.2 Å². The van der Waals surface area contributed by atoms with Crippen LogP contribution in [0.1, 0.15) is 17.2 Å². The van der Waals surface area contributed by atoms with Crippen molar-refractivity contribution >= 4 is 6.08 Å². The van der Waals surface area contributed by atoms with Gasteiger partial charge in [-0.05, 0) is 11.1 Å². The Morgan fingerprint density at radius 3 is 2.17 bits per heavy atom. The molecule has 0 saturated heterocycles. The van der Waals surface area contributed by atoms with E-state index in [0.717, 1.165) is 11.1 Å². The van der Waals surface area contributed by atoms with Crippen LogP contribution in [0.5, 0.6) is 0 Å². The summed E-state index contributed by atoms with van der Waals surface area (Å²) in [5, 5.41) is 0. The summed E-state index contributed by atoms with van der Waals surface area (Å²) >= 11 is 0. The van der Waals surface area contributed by atoms with E-state index >= 15 is 0 Å². The first-order valence-electron chi connectivity index (χ1n) is 3.88. The lowest BCUT2D eigenvalue weighted by Gasteiger charge is -2.05. The summed E-state index contributed by atoms with van der Waals surface area (Å²) in [5.41, 5.74) is 7.93. The Kier molecular flexibility index (Phi) is 2.83. The van der Waals surface area contributed by atoms with E-state index < -0.39 is 0 Å². The molecule has 1 atom stereocenters. The molecule has 1 rings (SSSR count). The fourth-order valence-electron chi connectivity index (χ4n) is 0.990. The van der Waals surface area contributed by atoms with Gasteiger partial charge in [0.2, 0.25) is 0 Å². The topological polar surface area (TPSA) is 26.0 Å². The van der Waals surface area contributed by atoms with Gasteiger partial charge in [-0.25, -0.2) is 0 Å². The van der Waals surface area contributed by atoms with Crippen molar-refractivity contribution in [3.8, 4) is 0 Å². The molecule has 62 valence electrons. The van der Waals surface area contributed by atoms with E-state index in [2.05, 4.69) is 13.2 Å². The van der Waals surface area contributed by atoms with Crippen molar-refractivity contribution in [2.45, 2.75) is 6.04 Å². The average molecular weight is 159 g/mol. The van der Waals surface area contributed by atoms with Crippen molar-refractivity contribution in [2.75, 3.05) is 0 Å². The minimum atomic E-state index is -0.0659. The van der Waals surface area contributed by atoms with Crippen molar-refractivity contribution in [3.63, 3.8) is 0 Å². The summed E-state index contributed by atoms with van der Waals surface area (Å²) in [6.45, 7) is 7.31. The lowest BCUT2D eigenvalue weighted by Crippen LogP contribution is -2.05. The highest BCUT2D eigenvalue weighted by atomic mass is 14.6. The Hall–Kier alpha value is -1.34. The monoisotopic (exact) mass is 159 g/mol. The van der Waals surface area contributed by atoms with Gasteiger partial charge in [0.25, 0.3) is 0 Å². The Morgan fingerprint density at radius 2 is 1.75 bits per heavy atom. The molecule has 1 aromatic rings. The molecule has 0 unspecified atom stereocenters. The predicted molar refractivity (Wildman–Crippen MR) is 53.7 cm³/mol. The van der Waals surface area contributed by atoms with Crippen LogP contribution in [0.25, 0.3) is 6.08 Å². The van der Waals surface area contributed by atoms with Crippen LogP contribution in [0.2, 0.25) is 0 Å². The van der Waals surface area contributed by atoms with Crippen LogP contribution in [0, 0.1) is 0 Å². The van der Waals surface area contributed by atoms with Crippen LogP contribution in [0.15, 0.2) is 43.5 Å². The maximum atomic E-state index is 5.74. The smallest absolute Gasteiger partial charge is 0.0478 e. The van der Waals surface area contributed by atoms with Crippen LogP contribution in [0.3, 0.4) is 0 Å². The standard InChI is InChI=1S/C11H13N/c1-3-9-5-7-10(8-6-9)11(12)4-2/h3-8,11H,1-2,12H2/t11-/m1/s1. The van der Waals surface area contributed by atoms with Crippen LogP contribution in [-0.2, 0) is 0 Å². The predicted octanol–water partition coefficient (Wildman–Crippen LogP) is 2.52. The van der Waals surface area contributed by atoms with E-state index in [1.54, 1.807) is 6.08 Å². The zero-order chi connectivity index (χ0) is 8.97. The minimum Gasteiger partial charge on any atom is -0.321 e. The molecule has 0 aromatic heterocycles. The second kappa shape index (κ2) is 3.88. The lowest BCUT2D eigenvalue weighted by atomic mass is 10.1. The van der Waals surface area contributed by atoms with Crippen molar-refractivity contribution in [1.29, 1.82) is 0 Å². The fourth-order valence-corrected chi connectivity index (χ4v) is 0.990. The van der Waals surface area contributed by atoms with E-state index in [0.29, 0.717) is 0 Å². The van der Waals surface area contributed by atoms with Crippen molar-refractivity contribution in [3.05, 3.63) is 54.6 Å². The van der Waals surface area contributed by atoms with Gasteiger partial charge in [0, 0.05) is 6.04 Å². The molecule has 0 spiro atoms. The molecule has 0 heterocycles. The third kappa shape index (κ3) is 1.83. The molecule has 0 radical (unpaired) electrons. The first kappa shape index (κ1) is 8.75. The van der Waals surface area contributed by atoms with Crippen LogP contribution >= 0.6 is 0 Å². The molecule has 12 heavy (non-hydrogen) atoms. The first-order chi connectivity index (χ1) is 5.77. The van der Waals surface area contributed by atoms with Gasteiger partial charge in [0.1, 0.15) is 0 Å². The van der Waals surface area contributed by atoms with Gasteiger partial charge in [-0.3, -0.25) is 0 Å². The number of benzene rings is 1. The maximum absolute atomic E-state index is 5.74. The molecule has 0 saturated carbocycles. The molecule has 1 aromatic carbocycles. The Morgan fingerprint density at radius 1 is 1.17 bits per heavy atom. The number of hydrogen-bond acceptors (Lipinski definition) is 1. The molecule has 0 aliphatic heterocycles. The third-order valence-electron chi connectivity index (χ3n) is 1.81. The summed E-state index contributed by atoms with van der Waals surface area (Å²) in [7, 11) is 0. The highest BCUT2D eigenvalue weighted by Crippen LogP contribution is 2.12. The summed E-state index contributed by atoms with van der Waals surface area (Å²) in [4.78, 5) is 0.